The zero-order chi connectivity index (χ0) is 29.1. The van der Waals surface area contributed by atoms with E-state index in [9.17, 15) is 19.2 Å². The smallest absolute Gasteiger partial charge is 0.340 e. The summed E-state index contributed by atoms with van der Waals surface area (Å²) >= 11 is 7.59. The number of nitrogens with zero attached hydrogens (tertiary/aromatic N) is 2. The van der Waals surface area contributed by atoms with Crippen LogP contribution in [0.3, 0.4) is 0 Å². The van der Waals surface area contributed by atoms with Crippen molar-refractivity contribution in [3.63, 3.8) is 0 Å². The van der Waals surface area contributed by atoms with Gasteiger partial charge in [-0.25, -0.2) is 14.7 Å². The van der Waals surface area contributed by atoms with Crippen LogP contribution >= 0.6 is 22.9 Å². The summed E-state index contributed by atoms with van der Waals surface area (Å²) in [6.45, 7) is 3.39. The van der Waals surface area contributed by atoms with Crippen LogP contribution in [0.1, 0.15) is 34.6 Å². The number of carbonyl (C=O) groups excluding carboxylic acids is 4. The number of nitrogens with one attached hydrogen (secondary N) is 2. The Hall–Kier alpha value is -4.80. The number of aromatic nitrogens is 1. The molecule has 0 bridgehead atoms. The molecule has 4 aromatic rings. The molecule has 3 amide bonds. The van der Waals surface area contributed by atoms with Crippen LogP contribution in [0.5, 0.6) is 0 Å². The van der Waals surface area contributed by atoms with E-state index in [4.69, 9.17) is 16.3 Å². The number of imide groups is 1. The van der Waals surface area contributed by atoms with E-state index in [1.165, 1.54) is 23.5 Å². The quantitative estimate of drug-likeness (QED) is 0.190. The molecule has 2 N–H and O–H groups in total. The summed E-state index contributed by atoms with van der Waals surface area (Å²) in [5.74, 6) is -2.54. The Labute approximate surface area is 244 Å². The molecular formula is C30H23ClN4O5S. The predicted molar refractivity (Wildman–Crippen MR) is 158 cm³/mol. The number of thiazole rings is 1. The summed E-state index contributed by atoms with van der Waals surface area (Å²) in [6, 6.07) is 22.1. The van der Waals surface area contributed by atoms with Crippen LogP contribution in [0.25, 0.3) is 11.3 Å². The number of carbonyl (C=O) groups is 4. The molecule has 0 spiro atoms. The topological polar surface area (TPSA) is 118 Å². The molecule has 0 atom stereocenters. The lowest BCUT2D eigenvalue weighted by Gasteiger charge is -2.19. The van der Waals surface area contributed by atoms with Gasteiger partial charge in [-0.3, -0.25) is 19.7 Å². The number of para-hydroxylation sites is 1. The Bertz CT molecular complexity index is 1680. The molecule has 5 rings (SSSR count). The molecule has 1 aliphatic rings. The van der Waals surface area contributed by atoms with Crippen LogP contribution in [0, 0.1) is 0 Å². The van der Waals surface area contributed by atoms with Crippen molar-refractivity contribution in [2.24, 2.45) is 0 Å². The van der Waals surface area contributed by atoms with Crippen molar-refractivity contribution >= 4 is 63.1 Å². The fourth-order valence-electron chi connectivity index (χ4n) is 4.04. The van der Waals surface area contributed by atoms with E-state index in [2.05, 4.69) is 15.6 Å². The van der Waals surface area contributed by atoms with Crippen LogP contribution in [-0.2, 0) is 14.3 Å². The number of anilines is 3. The number of amides is 3. The first-order valence-corrected chi connectivity index (χ1v) is 13.8. The molecule has 0 unspecified atom stereocenters. The number of hydrogen-bond acceptors (Lipinski definition) is 8. The minimum absolute atomic E-state index is 0.0556. The summed E-state index contributed by atoms with van der Waals surface area (Å²) in [7, 11) is 0. The Morgan fingerprint density at radius 2 is 1.61 bits per heavy atom. The van der Waals surface area contributed by atoms with Crippen molar-refractivity contribution in [3.05, 3.63) is 106 Å². The molecular weight excluding hydrogens is 564 g/mol. The standard InChI is InChI=1S/C30H23ClN4O5S/c1-17(2)40-29(39)21-10-6-7-11-23(21)35-27(37)24(31)25(28(35)38)32-20-14-12-19(13-15-20)26(36)34-30-33-22(16-41-30)18-8-4-3-5-9-18/h3-17,32H,1-2H3,(H,33,34,36). The largest absolute Gasteiger partial charge is 0.459 e. The lowest BCUT2D eigenvalue weighted by molar-refractivity contribution is -0.120. The fraction of sp³-hybridized carbons (Fsp3) is 0.100. The molecule has 1 aromatic heterocycles. The van der Waals surface area contributed by atoms with Gasteiger partial charge in [0.15, 0.2) is 5.13 Å². The third-order valence-electron chi connectivity index (χ3n) is 5.95. The van der Waals surface area contributed by atoms with Crippen molar-refractivity contribution in [1.82, 2.24) is 4.98 Å². The van der Waals surface area contributed by atoms with Crippen LogP contribution in [0.4, 0.5) is 16.5 Å². The normalized spacial score (nSPS) is 13.1. The molecule has 41 heavy (non-hydrogen) atoms. The maximum atomic E-state index is 13.3. The molecule has 2 heterocycles. The molecule has 9 nitrogen and oxygen atoms in total. The summed E-state index contributed by atoms with van der Waals surface area (Å²) in [4.78, 5) is 57.0. The van der Waals surface area contributed by atoms with Crippen molar-refractivity contribution in [2.45, 2.75) is 20.0 Å². The van der Waals surface area contributed by atoms with Gasteiger partial charge in [0.05, 0.1) is 23.0 Å². The number of benzene rings is 3. The zero-order valence-electron chi connectivity index (χ0n) is 21.9. The van der Waals surface area contributed by atoms with Gasteiger partial charge < -0.3 is 10.1 Å². The van der Waals surface area contributed by atoms with Crippen LogP contribution in [0.2, 0.25) is 0 Å². The molecule has 3 aromatic carbocycles. The summed E-state index contributed by atoms with van der Waals surface area (Å²) < 4.78 is 5.26. The zero-order valence-corrected chi connectivity index (χ0v) is 23.5. The van der Waals surface area contributed by atoms with Gasteiger partial charge >= 0.3 is 5.97 Å². The molecule has 0 saturated heterocycles. The van der Waals surface area contributed by atoms with Crippen molar-refractivity contribution < 1.29 is 23.9 Å². The molecule has 0 saturated carbocycles. The number of rotatable bonds is 8. The summed E-state index contributed by atoms with van der Waals surface area (Å²) in [5, 5.41) is 7.64. The van der Waals surface area contributed by atoms with Gasteiger partial charge in [-0.15, -0.1) is 11.3 Å². The van der Waals surface area contributed by atoms with Gasteiger partial charge in [-0.2, -0.15) is 0 Å². The number of hydrogen-bond donors (Lipinski definition) is 2. The van der Waals surface area contributed by atoms with Gasteiger partial charge in [-0.1, -0.05) is 54.1 Å². The Kier molecular flexibility index (Phi) is 7.95. The number of esters is 1. The Balaban J connectivity index is 1.28. The lowest BCUT2D eigenvalue weighted by Crippen LogP contribution is -2.33. The molecule has 11 heteroatoms. The van der Waals surface area contributed by atoms with Crippen molar-refractivity contribution in [3.8, 4) is 11.3 Å². The predicted octanol–water partition coefficient (Wildman–Crippen LogP) is 6.06. The highest BCUT2D eigenvalue weighted by Crippen LogP contribution is 2.33. The monoisotopic (exact) mass is 586 g/mol. The minimum Gasteiger partial charge on any atom is -0.459 e. The first-order valence-electron chi connectivity index (χ1n) is 12.5. The van der Waals surface area contributed by atoms with E-state index < -0.39 is 23.9 Å². The van der Waals surface area contributed by atoms with E-state index in [0.29, 0.717) is 16.4 Å². The van der Waals surface area contributed by atoms with E-state index in [0.717, 1.165) is 16.2 Å². The average Bonchev–Trinajstić information content (AvgIpc) is 3.52. The second-order valence-corrected chi connectivity index (χ2v) is 10.4. The van der Waals surface area contributed by atoms with E-state index in [1.54, 1.807) is 50.2 Å². The van der Waals surface area contributed by atoms with Crippen molar-refractivity contribution in [2.75, 3.05) is 15.5 Å². The highest BCUT2D eigenvalue weighted by molar-refractivity contribution is 7.14. The Morgan fingerprint density at radius 1 is 0.927 bits per heavy atom. The van der Waals surface area contributed by atoms with Gasteiger partial charge in [0, 0.05) is 22.2 Å². The third-order valence-corrected chi connectivity index (χ3v) is 7.05. The fourth-order valence-corrected chi connectivity index (χ4v) is 4.97. The van der Waals surface area contributed by atoms with Gasteiger partial charge in [0.25, 0.3) is 17.7 Å². The van der Waals surface area contributed by atoms with Gasteiger partial charge in [-0.05, 0) is 50.2 Å². The highest BCUT2D eigenvalue weighted by Gasteiger charge is 2.40. The molecule has 0 fully saturated rings. The van der Waals surface area contributed by atoms with Crippen LogP contribution in [0.15, 0.2) is 95.0 Å². The maximum absolute atomic E-state index is 13.3. The molecule has 0 aliphatic carbocycles. The van der Waals surface area contributed by atoms with Crippen LogP contribution < -0.4 is 15.5 Å². The first-order chi connectivity index (χ1) is 19.7. The number of ether oxygens (including phenoxy) is 1. The van der Waals surface area contributed by atoms with Gasteiger partial charge in [0.2, 0.25) is 0 Å². The van der Waals surface area contributed by atoms with Crippen molar-refractivity contribution in [1.29, 1.82) is 0 Å². The molecule has 206 valence electrons. The molecule has 0 radical (unpaired) electrons. The summed E-state index contributed by atoms with van der Waals surface area (Å²) in [5.41, 5.74) is 2.46. The maximum Gasteiger partial charge on any atom is 0.340 e. The third kappa shape index (κ3) is 5.88. The second kappa shape index (κ2) is 11.7. The Morgan fingerprint density at radius 3 is 2.32 bits per heavy atom. The minimum atomic E-state index is -0.779. The second-order valence-electron chi connectivity index (χ2n) is 9.17. The number of halogens is 1. The SMILES string of the molecule is CC(C)OC(=O)c1ccccc1N1C(=O)C(Cl)=C(Nc2ccc(C(=O)Nc3nc(-c4ccccc4)cs3)cc2)C1=O. The van der Waals surface area contributed by atoms with Crippen LogP contribution in [-0.4, -0.2) is 34.8 Å². The lowest BCUT2D eigenvalue weighted by atomic mass is 10.1. The van der Waals surface area contributed by atoms with E-state index in [1.807, 2.05) is 35.7 Å². The molecule has 1 aliphatic heterocycles. The average molecular weight is 587 g/mol. The highest BCUT2D eigenvalue weighted by atomic mass is 35.5. The van der Waals surface area contributed by atoms with Gasteiger partial charge in [0.1, 0.15) is 10.7 Å². The first kappa shape index (κ1) is 27.8. The van der Waals surface area contributed by atoms with E-state index >= 15 is 0 Å². The summed E-state index contributed by atoms with van der Waals surface area (Å²) in [6.07, 6.45) is -0.391. The van der Waals surface area contributed by atoms with E-state index in [-0.39, 0.29) is 27.9 Å².